The molecule has 0 spiro atoms. The van der Waals surface area contributed by atoms with E-state index in [0.29, 0.717) is 29.4 Å². The SMILES string of the molecule is O=C(CCc1ccc(Cl)c(Cl)c1)NCCSc1ccc(Br)cc1. The van der Waals surface area contributed by atoms with Gasteiger partial charge >= 0.3 is 0 Å². The Kier molecular flexibility index (Phi) is 7.77. The van der Waals surface area contributed by atoms with Crippen LogP contribution in [0.25, 0.3) is 0 Å². The Bertz CT molecular complexity index is 664. The lowest BCUT2D eigenvalue weighted by Gasteiger charge is -2.06. The molecule has 6 heteroatoms. The van der Waals surface area contributed by atoms with Crippen molar-refractivity contribution in [2.24, 2.45) is 0 Å². The first kappa shape index (κ1) is 18.7. The van der Waals surface area contributed by atoms with Gasteiger partial charge < -0.3 is 5.32 Å². The quantitative estimate of drug-likeness (QED) is 0.455. The lowest BCUT2D eigenvalue weighted by molar-refractivity contribution is -0.120. The number of nitrogens with one attached hydrogen (secondary N) is 1. The third-order valence-corrected chi connectivity index (χ3v) is 5.41. The predicted molar refractivity (Wildman–Crippen MR) is 103 cm³/mol. The molecule has 0 fully saturated rings. The van der Waals surface area contributed by atoms with Crippen molar-refractivity contribution in [2.45, 2.75) is 17.7 Å². The molecule has 0 saturated heterocycles. The Morgan fingerprint density at radius 3 is 2.52 bits per heavy atom. The normalized spacial score (nSPS) is 10.6. The van der Waals surface area contributed by atoms with Crippen molar-refractivity contribution >= 4 is 56.8 Å². The fourth-order valence-electron chi connectivity index (χ4n) is 1.93. The summed E-state index contributed by atoms with van der Waals surface area (Å²) in [6.45, 7) is 0.654. The molecule has 0 aromatic heterocycles. The third kappa shape index (κ3) is 6.76. The summed E-state index contributed by atoms with van der Waals surface area (Å²) in [5, 5.41) is 3.99. The van der Waals surface area contributed by atoms with Crippen LogP contribution in [0.1, 0.15) is 12.0 Å². The van der Waals surface area contributed by atoms with Crippen LogP contribution in [0.4, 0.5) is 0 Å². The number of carbonyl (C=O) groups is 1. The molecule has 2 aromatic rings. The molecule has 2 nitrogen and oxygen atoms in total. The van der Waals surface area contributed by atoms with E-state index >= 15 is 0 Å². The Hall–Kier alpha value is -0.680. The summed E-state index contributed by atoms with van der Waals surface area (Å²) in [5.74, 6) is 0.896. The molecule has 0 aliphatic heterocycles. The smallest absolute Gasteiger partial charge is 0.220 e. The number of hydrogen-bond acceptors (Lipinski definition) is 2. The van der Waals surface area contributed by atoms with Gasteiger partial charge in [-0.2, -0.15) is 0 Å². The zero-order valence-electron chi connectivity index (χ0n) is 12.3. The first-order valence-electron chi connectivity index (χ1n) is 7.13. The molecule has 122 valence electrons. The van der Waals surface area contributed by atoms with Gasteiger partial charge in [-0.25, -0.2) is 0 Å². The second kappa shape index (κ2) is 9.58. The summed E-state index contributed by atoms with van der Waals surface area (Å²) in [6.07, 6.45) is 1.10. The van der Waals surface area contributed by atoms with Crippen molar-refractivity contribution in [1.82, 2.24) is 5.32 Å². The minimum absolute atomic E-state index is 0.0486. The minimum Gasteiger partial charge on any atom is -0.355 e. The molecule has 0 bridgehead atoms. The maximum absolute atomic E-state index is 11.8. The highest BCUT2D eigenvalue weighted by atomic mass is 79.9. The number of amides is 1. The van der Waals surface area contributed by atoms with Crippen molar-refractivity contribution in [3.63, 3.8) is 0 Å². The van der Waals surface area contributed by atoms with Gasteiger partial charge in [0, 0.05) is 28.1 Å². The van der Waals surface area contributed by atoms with Gasteiger partial charge in [-0.15, -0.1) is 11.8 Å². The highest BCUT2D eigenvalue weighted by molar-refractivity contribution is 9.10. The highest BCUT2D eigenvalue weighted by Crippen LogP contribution is 2.23. The van der Waals surface area contributed by atoms with Crippen molar-refractivity contribution in [1.29, 1.82) is 0 Å². The number of benzene rings is 2. The van der Waals surface area contributed by atoms with Gasteiger partial charge in [-0.3, -0.25) is 4.79 Å². The number of carbonyl (C=O) groups excluding carboxylic acids is 1. The molecule has 1 N–H and O–H groups in total. The van der Waals surface area contributed by atoms with Crippen LogP contribution in [-0.2, 0) is 11.2 Å². The fourth-order valence-corrected chi connectivity index (χ4v) is 3.28. The zero-order chi connectivity index (χ0) is 16.7. The van der Waals surface area contributed by atoms with Crippen LogP contribution in [0, 0.1) is 0 Å². The Labute approximate surface area is 159 Å². The Morgan fingerprint density at radius 2 is 1.83 bits per heavy atom. The van der Waals surface area contributed by atoms with Crippen LogP contribution in [0.15, 0.2) is 51.8 Å². The number of hydrogen-bond donors (Lipinski definition) is 1. The standard InChI is InChI=1S/C17H16BrCl2NOS/c18-13-3-5-14(6-4-13)23-10-9-21-17(22)8-2-12-1-7-15(19)16(20)11-12/h1,3-7,11H,2,8-10H2,(H,21,22). The average Bonchev–Trinajstić information content (AvgIpc) is 2.54. The number of halogens is 3. The van der Waals surface area contributed by atoms with Crippen LogP contribution in [0.3, 0.4) is 0 Å². The summed E-state index contributed by atoms with van der Waals surface area (Å²) >= 11 is 17.0. The Balaban J connectivity index is 1.65. The van der Waals surface area contributed by atoms with E-state index in [2.05, 4.69) is 33.4 Å². The van der Waals surface area contributed by atoms with Gasteiger partial charge in [0.2, 0.25) is 5.91 Å². The highest BCUT2D eigenvalue weighted by Gasteiger charge is 2.04. The molecule has 0 atom stereocenters. The van der Waals surface area contributed by atoms with Crippen LogP contribution in [0.2, 0.25) is 10.0 Å². The maximum atomic E-state index is 11.8. The van der Waals surface area contributed by atoms with Crippen molar-refractivity contribution in [2.75, 3.05) is 12.3 Å². The van der Waals surface area contributed by atoms with Crippen molar-refractivity contribution < 1.29 is 4.79 Å². The number of rotatable bonds is 7. The van der Waals surface area contributed by atoms with E-state index in [-0.39, 0.29) is 5.91 Å². The van der Waals surface area contributed by atoms with Gasteiger partial charge in [-0.1, -0.05) is 45.2 Å². The van der Waals surface area contributed by atoms with Crippen molar-refractivity contribution in [3.05, 3.63) is 62.5 Å². The molecular formula is C17H16BrCl2NOS. The summed E-state index contributed by atoms with van der Waals surface area (Å²) in [4.78, 5) is 13.0. The second-order valence-corrected chi connectivity index (χ2v) is 7.80. The minimum atomic E-state index is 0.0486. The average molecular weight is 433 g/mol. The van der Waals surface area contributed by atoms with E-state index in [1.165, 1.54) is 4.90 Å². The van der Waals surface area contributed by atoms with E-state index in [1.807, 2.05) is 18.2 Å². The first-order valence-corrected chi connectivity index (χ1v) is 9.67. The fraction of sp³-hybridized carbons (Fsp3) is 0.235. The van der Waals surface area contributed by atoms with Crippen LogP contribution in [0.5, 0.6) is 0 Å². The first-order chi connectivity index (χ1) is 11.0. The largest absolute Gasteiger partial charge is 0.355 e. The topological polar surface area (TPSA) is 29.1 Å². The molecule has 0 radical (unpaired) electrons. The Morgan fingerprint density at radius 1 is 1.09 bits per heavy atom. The van der Waals surface area contributed by atoms with E-state index in [4.69, 9.17) is 23.2 Å². The molecule has 2 aromatic carbocycles. The van der Waals surface area contributed by atoms with E-state index in [9.17, 15) is 4.79 Å². The third-order valence-electron chi connectivity index (χ3n) is 3.13. The van der Waals surface area contributed by atoms with Crippen molar-refractivity contribution in [3.8, 4) is 0 Å². The van der Waals surface area contributed by atoms with E-state index in [0.717, 1.165) is 15.8 Å². The van der Waals surface area contributed by atoms with Gasteiger partial charge in [0.25, 0.3) is 0 Å². The van der Waals surface area contributed by atoms with Crippen LogP contribution in [-0.4, -0.2) is 18.2 Å². The summed E-state index contributed by atoms with van der Waals surface area (Å²) in [7, 11) is 0. The molecule has 0 aliphatic carbocycles. The van der Waals surface area contributed by atoms with E-state index in [1.54, 1.807) is 23.9 Å². The monoisotopic (exact) mass is 431 g/mol. The van der Waals surface area contributed by atoms with Gasteiger partial charge in [0.05, 0.1) is 10.0 Å². The lowest BCUT2D eigenvalue weighted by Crippen LogP contribution is -2.25. The molecule has 0 heterocycles. The molecular weight excluding hydrogens is 417 g/mol. The molecule has 0 unspecified atom stereocenters. The summed E-state index contributed by atoms with van der Waals surface area (Å²) in [6, 6.07) is 13.6. The summed E-state index contributed by atoms with van der Waals surface area (Å²) in [5.41, 5.74) is 1.01. The van der Waals surface area contributed by atoms with Gasteiger partial charge in [-0.05, 0) is 48.4 Å². The lowest BCUT2D eigenvalue weighted by atomic mass is 10.1. The number of thioether (sulfide) groups is 1. The molecule has 2 rings (SSSR count). The van der Waals surface area contributed by atoms with Gasteiger partial charge in [0.15, 0.2) is 0 Å². The van der Waals surface area contributed by atoms with Gasteiger partial charge in [0.1, 0.15) is 0 Å². The van der Waals surface area contributed by atoms with Crippen LogP contribution < -0.4 is 5.32 Å². The molecule has 0 saturated carbocycles. The maximum Gasteiger partial charge on any atom is 0.220 e. The predicted octanol–water partition coefficient (Wildman–Crippen LogP) is 5.60. The summed E-state index contributed by atoms with van der Waals surface area (Å²) < 4.78 is 1.07. The second-order valence-electron chi connectivity index (χ2n) is 4.90. The van der Waals surface area contributed by atoms with E-state index < -0.39 is 0 Å². The number of aryl methyl sites for hydroxylation is 1. The molecule has 23 heavy (non-hydrogen) atoms. The molecule has 1 amide bonds. The zero-order valence-corrected chi connectivity index (χ0v) is 16.2. The van der Waals surface area contributed by atoms with Crippen LogP contribution >= 0.6 is 50.9 Å². The molecule has 0 aliphatic rings.